The van der Waals surface area contributed by atoms with Gasteiger partial charge in [-0.3, -0.25) is 4.79 Å². The lowest BCUT2D eigenvalue weighted by Gasteiger charge is -2.09. The molecule has 20 heavy (non-hydrogen) atoms. The number of hydrogen-bond acceptors (Lipinski definition) is 6. The van der Waals surface area contributed by atoms with Gasteiger partial charge in [0.25, 0.3) is 5.91 Å². The van der Waals surface area contributed by atoms with Crippen molar-refractivity contribution in [2.24, 2.45) is 5.14 Å². The number of amides is 1. The molecule has 0 unspecified atom stereocenters. The Morgan fingerprint density at radius 3 is 2.70 bits per heavy atom. The number of benzene rings is 1. The lowest BCUT2D eigenvalue weighted by atomic mass is 10.3. The van der Waals surface area contributed by atoms with Crippen LogP contribution >= 0.6 is 0 Å². The van der Waals surface area contributed by atoms with Gasteiger partial charge in [-0.05, 0) is 18.2 Å². The highest BCUT2D eigenvalue weighted by molar-refractivity contribution is 7.89. The highest BCUT2D eigenvalue weighted by Crippen LogP contribution is 2.26. The molecule has 0 saturated heterocycles. The number of hydrogen-bond donors (Lipinski definition) is 2. The molecule has 0 bridgehead atoms. The van der Waals surface area contributed by atoms with Gasteiger partial charge in [0.2, 0.25) is 10.0 Å². The van der Waals surface area contributed by atoms with Crippen molar-refractivity contribution in [2.75, 3.05) is 12.4 Å². The van der Waals surface area contributed by atoms with Crippen LogP contribution in [-0.2, 0) is 10.0 Å². The topological polar surface area (TPSA) is 125 Å². The summed E-state index contributed by atoms with van der Waals surface area (Å²) >= 11 is 0. The average Bonchev–Trinajstić information content (AvgIpc) is 2.91. The van der Waals surface area contributed by atoms with Crippen molar-refractivity contribution in [1.82, 2.24) is 5.16 Å². The van der Waals surface area contributed by atoms with Gasteiger partial charge in [-0.15, -0.1) is 0 Å². The minimum absolute atomic E-state index is 0.0676. The molecule has 0 radical (unpaired) electrons. The van der Waals surface area contributed by atoms with Crippen LogP contribution in [0.5, 0.6) is 5.75 Å². The van der Waals surface area contributed by atoms with Gasteiger partial charge in [0.15, 0.2) is 5.69 Å². The zero-order chi connectivity index (χ0) is 14.8. The van der Waals surface area contributed by atoms with E-state index in [0.717, 1.165) is 0 Å². The highest BCUT2D eigenvalue weighted by Gasteiger charge is 2.17. The fourth-order valence-corrected chi connectivity index (χ4v) is 2.22. The van der Waals surface area contributed by atoms with E-state index in [2.05, 4.69) is 15.0 Å². The first-order valence-corrected chi connectivity index (χ1v) is 6.89. The molecule has 0 saturated carbocycles. The molecule has 9 heteroatoms. The number of aromatic nitrogens is 1. The Morgan fingerprint density at radius 2 is 2.15 bits per heavy atom. The van der Waals surface area contributed by atoms with Crippen molar-refractivity contribution in [2.45, 2.75) is 4.90 Å². The highest BCUT2D eigenvalue weighted by atomic mass is 32.2. The third-order valence-corrected chi connectivity index (χ3v) is 3.33. The summed E-state index contributed by atoms with van der Waals surface area (Å²) in [5, 5.41) is 11.0. The summed E-state index contributed by atoms with van der Waals surface area (Å²) in [4.78, 5) is 11.5. The molecule has 0 aliphatic rings. The fraction of sp³-hybridized carbons (Fsp3) is 0.0909. The van der Waals surface area contributed by atoms with Crippen molar-refractivity contribution in [3.05, 3.63) is 36.2 Å². The summed E-state index contributed by atoms with van der Waals surface area (Å²) < 4.78 is 32.3. The Hall–Kier alpha value is -2.39. The van der Waals surface area contributed by atoms with Crippen LogP contribution in [0.1, 0.15) is 10.5 Å². The Kier molecular flexibility index (Phi) is 3.72. The van der Waals surface area contributed by atoms with Gasteiger partial charge in [-0.25, -0.2) is 13.6 Å². The van der Waals surface area contributed by atoms with Crippen molar-refractivity contribution >= 4 is 21.6 Å². The number of nitrogens with two attached hydrogens (primary N) is 1. The maximum Gasteiger partial charge on any atom is 0.277 e. The van der Waals surface area contributed by atoms with Crippen LogP contribution < -0.4 is 15.2 Å². The van der Waals surface area contributed by atoms with E-state index in [9.17, 15) is 13.2 Å². The third kappa shape index (κ3) is 2.95. The summed E-state index contributed by atoms with van der Waals surface area (Å²) in [6, 6.07) is 5.44. The van der Waals surface area contributed by atoms with Gasteiger partial charge in [0, 0.05) is 11.8 Å². The molecule has 0 atom stereocenters. The minimum Gasteiger partial charge on any atom is -0.495 e. The maximum absolute atomic E-state index is 11.7. The van der Waals surface area contributed by atoms with Crippen molar-refractivity contribution in [3.8, 4) is 5.75 Å². The first kappa shape index (κ1) is 14.0. The van der Waals surface area contributed by atoms with Crippen LogP contribution in [-0.4, -0.2) is 26.6 Å². The van der Waals surface area contributed by atoms with E-state index in [0.29, 0.717) is 0 Å². The van der Waals surface area contributed by atoms with E-state index in [-0.39, 0.29) is 22.0 Å². The predicted molar refractivity (Wildman–Crippen MR) is 68.8 cm³/mol. The van der Waals surface area contributed by atoms with Crippen LogP contribution in [0.25, 0.3) is 0 Å². The standard InChI is InChI=1S/C11H11N3O5S/c1-18-9-3-2-7(6-10(9)20(12,16)17)13-11(15)8-4-5-19-14-8/h2-6H,1H3,(H,13,15)(H2,12,16,17). The zero-order valence-corrected chi connectivity index (χ0v) is 11.2. The lowest BCUT2D eigenvalue weighted by Crippen LogP contribution is -2.16. The third-order valence-electron chi connectivity index (χ3n) is 2.40. The molecule has 1 aromatic carbocycles. The van der Waals surface area contributed by atoms with Gasteiger partial charge >= 0.3 is 0 Å². The normalized spacial score (nSPS) is 11.1. The number of sulfonamides is 1. The van der Waals surface area contributed by atoms with Crippen molar-refractivity contribution in [1.29, 1.82) is 0 Å². The maximum atomic E-state index is 11.7. The number of nitrogens with zero attached hydrogens (tertiary/aromatic N) is 1. The smallest absolute Gasteiger partial charge is 0.277 e. The molecule has 0 spiro atoms. The second kappa shape index (κ2) is 5.31. The molecule has 106 valence electrons. The summed E-state index contributed by atoms with van der Waals surface area (Å²) in [5.74, 6) is -0.448. The molecule has 1 heterocycles. The monoisotopic (exact) mass is 297 g/mol. The summed E-state index contributed by atoms with van der Waals surface area (Å²) in [7, 11) is -2.65. The minimum atomic E-state index is -3.97. The Bertz CT molecular complexity index is 725. The van der Waals surface area contributed by atoms with E-state index in [1.807, 2.05) is 0 Å². The van der Waals surface area contributed by atoms with E-state index < -0.39 is 15.9 Å². The molecule has 0 fully saturated rings. The van der Waals surface area contributed by atoms with E-state index >= 15 is 0 Å². The number of nitrogens with one attached hydrogen (secondary N) is 1. The number of primary sulfonamides is 1. The fourth-order valence-electron chi connectivity index (χ4n) is 1.50. The molecular formula is C11H11N3O5S. The first-order chi connectivity index (χ1) is 9.41. The number of carbonyl (C=O) groups is 1. The van der Waals surface area contributed by atoms with Gasteiger partial charge < -0.3 is 14.6 Å². The van der Waals surface area contributed by atoms with Crippen LogP contribution in [0.3, 0.4) is 0 Å². The molecule has 1 amide bonds. The second-order valence-corrected chi connectivity index (χ2v) is 5.28. The molecular weight excluding hydrogens is 286 g/mol. The van der Waals surface area contributed by atoms with Gasteiger partial charge in [-0.2, -0.15) is 0 Å². The predicted octanol–water partition coefficient (Wildman–Crippen LogP) is 0.583. The number of carbonyl (C=O) groups excluding carboxylic acids is 1. The molecule has 0 aliphatic carbocycles. The molecule has 3 N–H and O–H groups in total. The zero-order valence-electron chi connectivity index (χ0n) is 10.4. The Morgan fingerprint density at radius 1 is 1.40 bits per heavy atom. The molecule has 0 aliphatic heterocycles. The van der Waals surface area contributed by atoms with Crippen LogP contribution in [0.15, 0.2) is 39.9 Å². The second-order valence-electron chi connectivity index (χ2n) is 3.75. The quantitative estimate of drug-likeness (QED) is 0.850. The number of anilines is 1. The lowest BCUT2D eigenvalue weighted by molar-refractivity contribution is 0.101. The average molecular weight is 297 g/mol. The van der Waals surface area contributed by atoms with E-state index in [1.54, 1.807) is 0 Å². The molecule has 2 rings (SSSR count). The van der Waals surface area contributed by atoms with Crippen LogP contribution in [0.4, 0.5) is 5.69 Å². The van der Waals surface area contributed by atoms with Crippen molar-refractivity contribution < 1.29 is 22.5 Å². The van der Waals surface area contributed by atoms with E-state index in [1.165, 1.54) is 37.6 Å². The number of rotatable bonds is 4. The number of ether oxygens (including phenoxy) is 1. The molecule has 1 aromatic heterocycles. The summed E-state index contributed by atoms with van der Waals surface area (Å²) in [5.41, 5.74) is 0.306. The summed E-state index contributed by atoms with van der Waals surface area (Å²) in [6.07, 6.45) is 1.25. The Balaban J connectivity index is 2.33. The summed E-state index contributed by atoms with van der Waals surface area (Å²) in [6.45, 7) is 0. The largest absolute Gasteiger partial charge is 0.495 e. The Labute approximate surface area is 114 Å². The first-order valence-electron chi connectivity index (χ1n) is 5.34. The van der Waals surface area contributed by atoms with Crippen LogP contribution in [0, 0.1) is 0 Å². The molecule has 2 aromatic rings. The SMILES string of the molecule is COc1ccc(NC(=O)c2ccon2)cc1S(N)(=O)=O. The van der Waals surface area contributed by atoms with Crippen LogP contribution in [0.2, 0.25) is 0 Å². The van der Waals surface area contributed by atoms with Crippen molar-refractivity contribution in [3.63, 3.8) is 0 Å². The van der Waals surface area contributed by atoms with E-state index in [4.69, 9.17) is 9.88 Å². The van der Waals surface area contributed by atoms with Gasteiger partial charge in [0.1, 0.15) is 16.9 Å². The number of methoxy groups -OCH3 is 1. The van der Waals surface area contributed by atoms with Gasteiger partial charge in [0.05, 0.1) is 7.11 Å². The molecule has 8 nitrogen and oxygen atoms in total. The van der Waals surface area contributed by atoms with Gasteiger partial charge in [-0.1, -0.05) is 5.16 Å².